The van der Waals surface area contributed by atoms with Crippen molar-refractivity contribution in [3.8, 4) is 5.75 Å². The van der Waals surface area contributed by atoms with Crippen LogP contribution in [0, 0.1) is 13.8 Å². The van der Waals surface area contributed by atoms with Crippen molar-refractivity contribution < 1.29 is 4.74 Å². The summed E-state index contributed by atoms with van der Waals surface area (Å²) in [5.74, 6) is 0.971. The van der Waals surface area contributed by atoms with E-state index in [4.69, 9.17) is 4.74 Å². The molecule has 1 aliphatic heterocycles. The fraction of sp³-hybridized carbons (Fsp3) is 0.438. The van der Waals surface area contributed by atoms with E-state index in [-0.39, 0.29) is 6.04 Å². The summed E-state index contributed by atoms with van der Waals surface area (Å²) >= 11 is 3.52. The number of rotatable bonds is 2. The molecule has 1 aromatic carbocycles. The molecule has 1 aliphatic rings. The van der Waals surface area contributed by atoms with Gasteiger partial charge in [0, 0.05) is 17.1 Å². The number of aromatic nitrogens is 2. The molecule has 0 saturated heterocycles. The number of nitrogens with zero attached hydrogens (tertiary/aromatic N) is 2. The molecule has 4 nitrogen and oxygen atoms in total. The standard InChI is InChI=1S/C16H20BrN3O/c1-10-16(11(2)20(3)19-10)18-14-5-4-8-21-15-9-12(17)6-7-13(14)15/h6-7,9,14,18H,4-5,8H2,1-3H3. The summed E-state index contributed by atoms with van der Waals surface area (Å²) < 4.78 is 8.85. The topological polar surface area (TPSA) is 39.1 Å². The van der Waals surface area contributed by atoms with Gasteiger partial charge >= 0.3 is 0 Å². The lowest BCUT2D eigenvalue weighted by Gasteiger charge is -2.20. The molecule has 0 amide bonds. The zero-order valence-corrected chi connectivity index (χ0v) is 14.2. The first-order chi connectivity index (χ1) is 10.1. The smallest absolute Gasteiger partial charge is 0.125 e. The number of anilines is 1. The average molecular weight is 350 g/mol. The van der Waals surface area contributed by atoms with Crippen LogP contribution in [0.5, 0.6) is 5.75 Å². The Bertz CT molecular complexity index is 666. The molecule has 2 aromatic rings. The molecule has 1 atom stereocenters. The fourth-order valence-corrected chi connectivity index (χ4v) is 3.19. The molecule has 21 heavy (non-hydrogen) atoms. The van der Waals surface area contributed by atoms with Crippen molar-refractivity contribution in [2.45, 2.75) is 32.7 Å². The number of benzene rings is 1. The van der Waals surface area contributed by atoms with E-state index in [9.17, 15) is 0 Å². The Balaban J connectivity index is 1.96. The van der Waals surface area contributed by atoms with Gasteiger partial charge in [0.15, 0.2) is 0 Å². The summed E-state index contributed by atoms with van der Waals surface area (Å²) in [6, 6.07) is 6.53. The van der Waals surface area contributed by atoms with Crippen molar-refractivity contribution in [1.29, 1.82) is 0 Å². The third kappa shape index (κ3) is 2.79. The molecule has 1 N–H and O–H groups in total. The van der Waals surface area contributed by atoms with Crippen LogP contribution in [-0.2, 0) is 7.05 Å². The Morgan fingerprint density at radius 1 is 1.38 bits per heavy atom. The van der Waals surface area contributed by atoms with Crippen LogP contribution >= 0.6 is 15.9 Å². The largest absolute Gasteiger partial charge is 0.493 e. The molecule has 0 saturated carbocycles. The third-order valence-corrected chi connectivity index (χ3v) is 4.57. The summed E-state index contributed by atoms with van der Waals surface area (Å²) in [7, 11) is 1.98. The first-order valence-corrected chi connectivity index (χ1v) is 8.04. The van der Waals surface area contributed by atoms with Crippen LogP contribution in [0.4, 0.5) is 5.69 Å². The minimum atomic E-state index is 0.261. The normalized spacial score (nSPS) is 17.8. The highest BCUT2D eigenvalue weighted by molar-refractivity contribution is 9.10. The van der Waals surface area contributed by atoms with Gasteiger partial charge in [-0.25, -0.2) is 0 Å². The molecule has 0 radical (unpaired) electrons. The van der Waals surface area contributed by atoms with Crippen molar-refractivity contribution >= 4 is 21.6 Å². The minimum Gasteiger partial charge on any atom is -0.493 e. The minimum absolute atomic E-state index is 0.261. The summed E-state index contributed by atoms with van der Waals surface area (Å²) in [5, 5.41) is 8.16. The molecule has 0 bridgehead atoms. The molecule has 3 rings (SSSR count). The number of hydrogen-bond donors (Lipinski definition) is 1. The molecule has 112 valence electrons. The van der Waals surface area contributed by atoms with E-state index < -0.39 is 0 Å². The Labute approximate surface area is 133 Å². The Kier molecular flexibility index (Phi) is 3.93. The molecular formula is C16H20BrN3O. The van der Waals surface area contributed by atoms with Crippen LogP contribution in [0.15, 0.2) is 22.7 Å². The summed E-state index contributed by atoms with van der Waals surface area (Å²) in [5.41, 5.74) is 4.56. The van der Waals surface area contributed by atoms with Gasteiger partial charge in [-0.05, 0) is 38.8 Å². The molecule has 1 unspecified atom stereocenters. The monoisotopic (exact) mass is 349 g/mol. The van der Waals surface area contributed by atoms with Crippen LogP contribution in [-0.4, -0.2) is 16.4 Å². The van der Waals surface area contributed by atoms with Crippen molar-refractivity contribution in [1.82, 2.24) is 9.78 Å². The first-order valence-electron chi connectivity index (χ1n) is 7.25. The van der Waals surface area contributed by atoms with Gasteiger partial charge in [-0.15, -0.1) is 0 Å². The lowest BCUT2D eigenvalue weighted by atomic mass is 10.0. The van der Waals surface area contributed by atoms with Gasteiger partial charge < -0.3 is 10.1 Å². The van der Waals surface area contributed by atoms with Crippen molar-refractivity contribution in [3.63, 3.8) is 0 Å². The van der Waals surface area contributed by atoms with Crippen LogP contribution in [0.25, 0.3) is 0 Å². The zero-order valence-electron chi connectivity index (χ0n) is 12.6. The van der Waals surface area contributed by atoms with Gasteiger partial charge in [0.05, 0.1) is 29.7 Å². The van der Waals surface area contributed by atoms with Crippen LogP contribution < -0.4 is 10.1 Å². The third-order valence-electron chi connectivity index (χ3n) is 4.07. The van der Waals surface area contributed by atoms with Gasteiger partial charge in [-0.2, -0.15) is 5.10 Å². The number of nitrogens with one attached hydrogen (secondary N) is 1. The predicted molar refractivity (Wildman–Crippen MR) is 87.9 cm³/mol. The van der Waals surface area contributed by atoms with E-state index in [1.165, 1.54) is 5.56 Å². The lowest BCUT2D eigenvalue weighted by Crippen LogP contribution is -2.11. The maximum atomic E-state index is 5.87. The van der Waals surface area contributed by atoms with E-state index >= 15 is 0 Å². The highest BCUT2D eigenvalue weighted by Gasteiger charge is 2.22. The van der Waals surface area contributed by atoms with Crippen LogP contribution in [0.2, 0.25) is 0 Å². The molecule has 5 heteroatoms. The molecule has 2 heterocycles. The summed E-state index contributed by atoms with van der Waals surface area (Å²) in [4.78, 5) is 0. The molecule has 0 spiro atoms. The Morgan fingerprint density at radius 3 is 2.90 bits per heavy atom. The second-order valence-corrected chi connectivity index (χ2v) is 6.45. The quantitative estimate of drug-likeness (QED) is 0.885. The van der Waals surface area contributed by atoms with Gasteiger partial charge in [-0.1, -0.05) is 22.0 Å². The van der Waals surface area contributed by atoms with Crippen molar-refractivity contribution in [2.75, 3.05) is 11.9 Å². The van der Waals surface area contributed by atoms with Crippen LogP contribution in [0.1, 0.15) is 35.8 Å². The lowest BCUT2D eigenvalue weighted by molar-refractivity contribution is 0.316. The molecule has 0 aliphatic carbocycles. The van der Waals surface area contributed by atoms with E-state index in [0.717, 1.165) is 46.7 Å². The van der Waals surface area contributed by atoms with E-state index in [2.05, 4.69) is 51.5 Å². The van der Waals surface area contributed by atoms with Gasteiger partial charge in [0.2, 0.25) is 0 Å². The number of ether oxygens (including phenoxy) is 1. The van der Waals surface area contributed by atoms with Crippen molar-refractivity contribution in [2.24, 2.45) is 7.05 Å². The van der Waals surface area contributed by atoms with E-state index in [1.54, 1.807) is 0 Å². The molecular weight excluding hydrogens is 330 g/mol. The Morgan fingerprint density at radius 2 is 2.19 bits per heavy atom. The van der Waals surface area contributed by atoms with Crippen LogP contribution in [0.3, 0.4) is 0 Å². The van der Waals surface area contributed by atoms with E-state index in [1.807, 2.05) is 18.7 Å². The SMILES string of the molecule is Cc1nn(C)c(C)c1NC1CCCOc2cc(Br)ccc21. The number of halogens is 1. The maximum Gasteiger partial charge on any atom is 0.125 e. The van der Waals surface area contributed by atoms with Gasteiger partial charge in [0.1, 0.15) is 5.75 Å². The molecule has 1 aromatic heterocycles. The van der Waals surface area contributed by atoms with Gasteiger partial charge in [-0.3, -0.25) is 4.68 Å². The zero-order chi connectivity index (χ0) is 15.0. The van der Waals surface area contributed by atoms with Gasteiger partial charge in [0.25, 0.3) is 0 Å². The predicted octanol–water partition coefficient (Wildman–Crippen LogP) is 4.13. The first kappa shape index (κ1) is 14.4. The number of hydrogen-bond acceptors (Lipinski definition) is 3. The summed E-state index contributed by atoms with van der Waals surface area (Å²) in [6.07, 6.45) is 2.10. The summed E-state index contributed by atoms with van der Waals surface area (Å²) in [6.45, 7) is 4.91. The number of fused-ring (bicyclic) bond motifs is 1. The second-order valence-electron chi connectivity index (χ2n) is 5.54. The van der Waals surface area contributed by atoms with Crippen molar-refractivity contribution in [3.05, 3.63) is 39.6 Å². The highest BCUT2D eigenvalue weighted by atomic mass is 79.9. The second kappa shape index (κ2) is 5.72. The average Bonchev–Trinajstić information content (AvgIpc) is 2.63. The highest BCUT2D eigenvalue weighted by Crippen LogP contribution is 2.36. The fourth-order valence-electron chi connectivity index (χ4n) is 2.85. The maximum absolute atomic E-state index is 5.87. The molecule has 0 fully saturated rings. The Hall–Kier alpha value is -1.49. The number of aryl methyl sites for hydroxylation is 2. The van der Waals surface area contributed by atoms with E-state index in [0.29, 0.717) is 0 Å².